The van der Waals surface area contributed by atoms with Gasteiger partial charge < -0.3 is 0 Å². The molecule has 0 spiro atoms. The minimum absolute atomic E-state index is 0.0861. The Morgan fingerprint density at radius 3 is 2.76 bits per heavy atom. The summed E-state index contributed by atoms with van der Waals surface area (Å²) in [4.78, 5) is 3.82. The van der Waals surface area contributed by atoms with Gasteiger partial charge in [0, 0.05) is 25.5 Å². The second-order valence-corrected chi connectivity index (χ2v) is 6.56. The zero-order valence-electron chi connectivity index (χ0n) is 11.2. The second-order valence-electron chi connectivity index (χ2n) is 4.85. The molecular weight excluding hydrogens is 307 g/mol. The van der Waals surface area contributed by atoms with Crippen molar-refractivity contribution in [2.24, 2.45) is 0 Å². The Labute approximate surface area is 121 Å². The number of nitrogens with one attached hydrogen (secondary N) is 1. The molecule has 1 aromatic rings. The number of aromatic nitrogens is 1. The fraction of sp³-hybridized carbons (Fsp3) is 0.583. The van der Waals surface area contributed by atoms with E-state index in [0.717, 1.165) is 0 Å². The Morgan fingerprint density at radius 1 is 1.38 bits per heavy atom. The molecule has 9 heteroatoms. The third kappa shape index (κ3) is 4.14. The van der Waals surface area contributed by atoms with Gasteiger partial charge in [0.1, 0.15) is 6.04 Å². The Bertz CT molecular complexity index is 563. The molecule has 0 amide bonds. The topological polar surface area (TPSA) is 62.3 Å². The molecule has 1 saturated heterocycles. The normalized spacial score (nSPS) is 21.4. The molecule has 2 heterocycles. The van der Waals surface area contributed by atoms with Gasteiger partial charge in [-0.1, -0.05) is 12.5 Å². The molecule has 1 fully saturated rings. The van der Waals surface area contributed by atoms with E-state index in [9.17, 15) is 21.6 Å². The van der Waals surface area contributed by atoms with Crippen molar-refractivity contribution >= 4 is 10.2 Å². The molecule has 118 valence electrons. The highest BCUT2D eigenvalue weighted by Gasteiger charge is 2.48. The average Bonchev–Trinajstić information content (AvgIpc) is 2.45. The van der Waals surface area contributed by atoms with Gasteiger partial charge in [0.05, 0.1) is 0 Å². The molecule has 1 unspecified atom stereocenters. The Balaban J connectivity index is 2.10. The fourth-order valence-electron chi connectivity index (χ4n) is 2.28. The Morgan fingerprint density at radius 2 is 2.14 bits per heavy atom. The maximum absolute atomic E-state index is 12.9. The maximum Gasteiger partial charge on any atom is 0.405 e. The Hall–Kier alpha value is -1.19. The fourth-order valence-corrected chi connectivity index (χ4v) is 3.72. The number of alkyl halides is 3. The van der Waals surface area contributed by atoms with Crippen molar-refractivity contribution in [2.75, 3.05) is 6.54 Å². The number of nitrogens with zero attached hydrogens (tertiary/aromatic N) is 2. The van der Waals surface area contributed by atoms with Crippen LogP contribution in [0, 0.1) is 0 Å². The third-order valence-corrected chi connectivity index (χ3v) is 4.89. The molecule has 0 aliphatic carbocycles. The molecule has 1 aromatic heterocycles. The molecule has 0 bridgehead atoms. The first-order chi connectivity index (χ1) is 9.81. The number of hydrogen-bond acceptors (Lipinski definition) is 3. The summed E-state index contributed by atoms with van der Waals surface area (Å²) >= 11 is 0. The van der Waals surface area contributed by atoms with E-state index in [0.29, 0.717) is 22.7 Å². The lowest BCUT2D eigenvalue weighted by atomic mass is 10.1. The summed E-state index contributed by atoms with van der Waals surface area (Å²) in [5.41, 5.74) is 0.585. The van der Waals surface area contributed by atoms with Crippen molar-refractivity contribution in [1.29, 1.82) is 0 Å². The monoisotopic (exact) mass is 323 g/mol. The molecule has 2 rings (SSSR count). The first-order valence-corrected chi connectivity index (χ1v) is 7.97. The van der Waals surface area contributed by atoms with E-state index >= 15 is 0 Å². The first kappa shape index (κ1) is 16.2. The summed E-state index contributed by atoms with van der Waals surface area (Å²) in [6.45, 7) is -0.205. The summed E-state index contributed by atoms with van der Waals surface area (Å²) < 4.78 is 65.8. The van der Waals surface area contributed by atoms with Crippen LogP contribution >= 0.6 is 0 Å². The highest BCUT2D eigenvalue weighted by atomic mass is 32.2. The quantitative estimate of drug-likeness (QED) is 0.919. The van der Waals surface area contributed by atoms with E-state index in [2.05, 4.69) is 9.71 Å². The molecule has 1 aliphatic heterocycles. The SMILES string of the molecule is O=S(=O)(NCc1cccnc1)N1CCCCC1C(F)(F)F. The van der Waals surface area contributed by atoms with Crippen LogP contribution in [0.25, 0.3) is 0 Å². The number of piperidine rings is 1. The van der Waals surface area contributed by atoms with Crippen LogP contribution in [0.1, 0.15) is 24.8 Å². The summed E-state index contributed by atoms with van der Waals surface area (Å²) in [6.07, 6.45) is -0.956. The predicted octanol–water partition coefficient (Wildman–Crippen LogP) is 1.83. The summed E-state index contributed by atoms with van der Waals surface area (Å²) in [5, 5.41) is 0. The van der Waals surface area contributed by atoms with E-state index in [4.69, 9.17) is 0 Å². The lowest BCUT2D eigenvalue weighted by Gasteiger charge is -2.35. The lowest BCUT2D eigenvalue weighted by Crippen LogP contribution is -2.54. The summed E-state index contributed by atoms with van der Waals surface area (Å²) in [5.74, 6) is 0. The van der Waals surface area contributed by atoms with Gasteiger partial charge in [0.15, 0.2) is 0 Å². The smallest absolute Gasteiger partial charge is 0.264 e. The zero-order valence-corrected chi connectivity index (χ0v) is 12.0. The van der Waals surface area contributed by atoms with Gasteiger partial charge in [-0.2, -0.15) is 30.6 Å². The van der Waals surface area contributed by atoms with Gasteiger partial charge in [0.2, 0.25) is 0 Å². The van der Waals surface area contributed by atoms with Crippen LogP contribution in [0.15, 0.2) is 24.5 Å². The maximum atomic E-state index is 12.9. The predicted molar refractivity (Wildman–Crippen MR) is 70.4 cm³/mol. The molecule has 1 aliphatic rings. The van der Waals surface area contributed by atoms with E-state index < -0.39 is 22.4 Å². The van der Waals surface area contributed by atoms with Crippen molar-refractivity contribution in [3.63, 3.8) is 0 Å². The number of pyridine rings is 1. The van der Waals surface area contributed by atoms with Gasteiger partial charge in [-0.15, -0.1) is 0 Å². The van der Waals surface area contributed by atoms with Crippen LogP contribution < -0.4 is 4.72 Å². The molecular formula is C12H16F3N3O2S. The van der Waals surface area contributed by atoms with Crippen LogP contribution in [-0.2, 0) is 16.8 Å². The molecule has 0 radical (unpaired) electrons. The van der Waals surface area contributed by atoms with Crippen LogP contribution in [0.4, 0.5) is 13.2 Å². The highest BCUT2D eigenvalue weighted by Crippen LogP contribution is 2.33. The minimum Gasteiger partial charge on any atom is -0.264 e. The number of halogens is 3. The van der Waals surface area contributed by atoms with E-state index in [-0.39, 0.29) is 19.5 Å². The van der Waals surface area contributed by atoms with Gasteiger partial charge in [-0.05, 0) is 24.5 Å². The van der Waals surface area contributed by atoms with Crippen LogP contribution in [-0.4, -0.2) is 36.5 Å². The van der Waals surface area contributed by atoms with Gasteiger partial charge in [-0.25, -0.2) is 0 Å². The highest BCUT2D eigenvalue weighted by molar-refractivity contribution is 7.87. The van der Waals surface area contributed by atoms with Crippen molar-refractivity contribution in [3.8, 4) is 0 Å². The van der Waals surface area contributed by atoms with Crippen molar-refractivity contribution in [1.82, 2.24) is 14.0 Å². The van der Waals surface area contributed by atoms with Gasteiger partial charge in [0.25, 0.3) is 10.2 Å². The standard InChI is InChI=1S/C12H16F3N3O2S/c13-12(14,15)11-5-1-2-7-18(11)21(19,20)17-9-10-4-3-6-16-8-10/h3-4,6,8,11,17H,1-2,5,7,9H2. The molecule has 1 N–H and O–H groups in total. The van der Waals surface area contributed by atoms with Crippen molar-refractivity contribution in [3.05, 3.63) is 30.1 Å². The Kier molecular flexibility index (Phi) is 4.84. The molecule has 0 saturated carbocycles. The van der Waals surface area contributed by atoms with E-state index in [1.54, 1.807) is 12.1 Å². The van der Waals surface area contributed by atoms with Gasteiger partial charge >= 0.3 is 6.18 Å². The third-order valence-electron chi connectivity index (χ3n) is 3.32. The van der Waals surface area contributed by atoms with Crippen LogP contribution in [0.5, 0.6) is 0 Å². The molecule has 0 aromatic carbocycles. The van der Waals surface area contributed by atoms with E-state index in [1.165, 1.54) is 12.4 Å². The number of hydrogen-bond donors (Lipinski definition) is 1. The lowest BCUT2D eigenvalue weighted by molar-refractivity contribution is -0.177. The summed E-state index contributed by atoms with van der Waals surface area (Å²) in [7, 11) is -4.18. The molecule has 5 nitrogen and oxygen atoms in total. The van der Waals surface area contributed by atoms with E-state index in [1.807, 2.05) is 0 Å². The van der Waals surface area contributed by atoms with Crippen molar-refractivity contribution in [2.45, 2.75) is 38.0 Å². The largest absolute Gasteiger partial charge is 0.405 e. The van der Waals surface area contributed by atoms with Crippen molar-refractivity contribution < 1.29 is 21.6 Å². The summed E-state index contributed by atoms with van der Waals surface area (Å²) in [6, 6.07) is 1.33. The number of rotatable bonds is 4. The molecule has 1 atom stereocenters. The van der Waals surface area contributed by atoms with Gasteiger partial charge in [-0.3, -0.25) is 4.98 Å². The zero-order chi connectivity index (χ0) is 15.5. The first-order valence-electron chi connectivity index (χ1n) is 6.53. The average molecular weight is 323 g/mol. The second kappa shape index (κ2) is 6.29. The van der Waals surface area contributed by atoms with Crippen LogP contribution in [0.2, 0.25) is 0 Å². The minimum atomic E-state index is -4.55. The van der Waals surface area contributed by atoms with Crippen LogP contribution in [0.3, 0.4) is 0 Å². The molecule has 21 heavy (non-hydrogen) atoms.